The van der Waals surface area contributed by atoms with Gasteiger partial charge in [0, 0.05) is 5.56 Å². The summed E-state index contributed by atoms with van der Waals surface area (Å²) >= 11 is 1.14. The fraction of sp³-hybridized carbons (Fsp3) is 0.521. The Bertz CT molecular complexity index is 2250. The van der Waals surface area contributed by atoms with Crippen molar-refractivity contribution in [2.24, 2.45) is 5.92 Å². The van der Waals surface area contributed by atoms with Gasteiger partial charge in [-0.2, -0.15) is 5.26 Å². The summed E-state index contributed by atoms with van der Waals surface area (Å²) in [6.45, 7) is 13.4. The van der Waals surface area contributed by atoms with Gasteiger partial charge in [0.2, 0.25) is 0 Å². The van der Waals surface area contributed by atoms with Crippen molar-refractivity contribution in [3.63, 3.8) is 0 Å². The zero-order chi connectivity index (χ0) is 45.2. The maximum atomic E-state index is 13.8. The van der Waals surface area contributed by atoms with E-state index in [0.717, 1.165) is 22.5 Å². The number of nitriles is 1. The number of rotatable bonds is 16. The van der Waals surface area contributed by atoms with Crippen molar-refractivity contribution < 1.29 is 62.0 Å². The smallest absolute Gasteiger partial charge is 0.350 e. The van der Waals surface area contributed by atoms with Crippen molar-refractivity contribution in [1.82, 2.24) is 4.98 Å². The van der Waals surface area contributed by atoms with Crippen LogP contribution in [-0.2, 0) is 60.6 Å². The number of hydrogen-bond acceptors (Lipinski definition) is 16. The fourth-order valence-electron chi connectivity index (χ4n) is 8.15. The third-order valence-corrected chi connectivity index (χ3v) is 12.3. The first-order valence-corrected chi connectivity index (χ1v) is 22.4. The van der Waals surface area contributed by atoms with Gasteiger partial charge < -0.3 is 57.2 Å². The Labute approximate surface area is 377 Å². The molecule has 0 saturated carbocycles. The first kappa shape index (κ1) is 46.2. The van der Waals surface area contributed by atoms with Gasteiger partial charge in [-0.25, -0.2) is 9.78 Å². The minimum atomic E-state index is -1.33. The molecular weight excluding hydrogens is 845 g/mol. The average molecular weight is 901 g/mol. The number of fused-ring (bicyclic) bond motifs is 3. The van der Waals surface area contributed by atoms with Gasteiger partial charge in [-0.05, 0) is 69.9 Å². The summed E-state index contributed by atoms with van der Waals surface area (Å²) in [7, 11) is 0. The molecule has 4 fully saturated rings. The van der Waals surface area contributed by atoms with E-state index in [0.29, 0.717) is 34.2 Å². The van der Waals surface area contributed by atoms with Gasteiger partial charge in [0.15, 0.2) is 24.2 Å². The monoisotopic (exact) mass is 900 g/mol. The summed E-state index contributed by atoms with van der Waals surface area (Å²) in [6, 6.07) is 26.6. The second-order valence-corrected chi connectivity index (χ2v) is 18.7. The molecule has 4 aliphatic rings. The molecule has 0 radical (unpaired) electrons. The van der Waals surface area contributed by atoms with Crippen LogP contribution >= 0.6 is 11.3 Å². The molecule has 0 spiro atoms. The number of hydrogen-bond donors (Lipinski definition) is 1. The molecule has 10 atom stereocenters. The summed E-state index contributed by atoms with van der Waals surface area (Å²) in [5, 5.41) is 22.4. The Hall–Kier alpha value is -4.35. The molecule has 0 bridgehead atoms. The molecule has 4 aromatic rings. The van der Waals surface area contributed by atoms with E-state index < -0.39 is 79.0 Å². The van der Waals surface area contributed by atoms with E-state index in [1.54, 1.807) is 25.1 Å². The van der Waals surface area contributed by atoms with E-state index in [1.807, 2.05) is 102 Å². The van der Waals surface area contributed by atoms with Gasteiger partial charge in [0.1, 0.15) is 77.1 Å². The predicted molar refractivity (Wildman–Crippen MR) is 231 cm³/mol. The number of aromatic nitrogens is 1. The van der Waals surface area contributed by atoms with Crippen molar-refractivity contribution >= 4 is 17.3 Å². The maximum Gasteiger partial charge on any atom is 0.350 e. The lowest BCUT2D eigenvalue weighted by Gasteiger charge is -2.44. The first-order chi connectivity index (χ1) is 30.7. The van der Waals surface area contributed by atoms with Crippen LogP contribution in [0.2, 0.25) is 0 Å². The third-order valence-electron chi connectivity index (χ3n) is 11.1. The van der Waals surface area contributed by atoms with Gasteiger partial charge in [0.25, 0.3) is 0 Å². The van der Waals surface area contributed by atoms with Crippen LogP contribution in [0.1, 0.15) is 73.6 Å². The average Bonchev–Trinajstić information content (AvgIpc) is 3.94. The summed E-state index contributed by atoms with van der Waals surface area (Å²) in [5.74, 6) is -1.72. The molecule has 16 heteroatoms. The zero-order valence-corrected chi connectivity index (χ0v) is 37.9. The van der Waals surface area contributed by atoms with Gasteiger partial charge >= 0.3 is 5.97 Å². The molecule has 4 aliphatic heterocycles. The number of carbonyl (C=O) groups excluding carboxylic acids is 1. The molecule has 1 N–H and O–H groups in total. The molecule has 3 aromatic carbocycles. The van der Waals surface area contributed by atoms with Crippen molar-refractivity contribution in [2.45, 2.75) is 135 Å². The molecule has 5 heterocycles. The minimum Gasteiger partial charge on any atom is -0.492 e. The number of aliphatic hydroxyl groups excluding tert-OH is 1. The second kappa shape index (κ2) is 19.6. The highest BCUT2D eigenvalue weighted by Crippen LogP contribution is 2.44. The highest BCUT2D eigenvalue weighted by molar-refractivity contribution is 7.17. The summed E-state index contributed by atoms with van der Waals surface area (Å²) in [6.07, 6.45) is -8.62. The Balaban J connectivity index is 1.03. The van der Waals surface area contributed by atoms with Crippen molar-refractivity contribution in [3.05, 3.63) is 106 Å². The van der Waals surface area contributed by atoms with E-state index in [4.69, 9.17) is 52.1 Å². The molecule has 0 amide bonds. The lowest BCUT2D eigenvalue weighted by molar-refractivity contribution is -0.330. The van der Waals surface area contributed by atoms with E-state index in [-0.39, 0.29) is 37.2 Å². The lowest BCUT2D eigenvalue weighted by Crippen LogP contribution is -2.62. The van der Waals surface area contributed by atoms with Gasteiger partial charge in [-0.3, -0.25) is 0 Å². The third kappa shape index (κ3) is 10.7. The Morgan fingerprint density at radius 3 is 2.12 bits per heavy atom. The summed E-state index contributed by atoms with van der Waals surface area (Å²) in [5.41, 5.74) is 3.23. The highest BCUT2D eigenvalue weighted by atomic mass is 32.1. The lowest BCUT2D eigenvalue weighted by atomic mass is 9.97. The van der Waals surface area contributed by atoms with Gasteiger partial charge in [-0.15, -0.1) is 11.3 Å². The van der Waals surface area contributed by atoms with E-state index in [1.165, 1.54) is 0 Å². The number of carbonyl (C=O) groups is 1. The standard InChI is InChI=1S/C48H56N2O13S/c1-27(2)22-53-33-19-18-31(20-32(33)21-49)43-50-28(3)42(64-43)44(52)56-25-34-36(51)38(54-23-29-14-10-8-11-15-29)40(55-24-30-16-12-9-13-17-30)45(58-34)57-26-35-37-39(61-47(4,5)60-37)41-46(59-35)63-48(6,7)62-41/h8-20,27,34-41,45-46,51H,22-26H2,1-7H3/t34-,35-,36-,37+,38+,39+,40-,41-,45+,46-/m1/s1. The molecule has 4 saturated heterocycles. The topological polar surface area (TPSA) is 176 Å². The van der Waals surface area contributed by atoms with Crippen LogP contribution in [0.25, 0.3) is 10.6 Å². The number of benzene rings is 3. The first-order valence-electron chi connectivity index (χ1n) is 21.6. The van der Waals surface area contributed by atoms with Crippen LogP contribution < -0.4 is 4.74 Å². The summed E-state index contributed by atoms with van der Waals surface area (Å²) in [4.78, 5) is 18.7. The molecule has 342 valence electrons. The maximum absolute atomic E-state index is 13.8. The Morgan fingerprint density at radius 2 is 1.45 bits per heavy atom. The molecule has 0 aliphatic carbocycles. The largest absolute Gasteiger partial charge is 0.492 e. The Morgan fingerprint density at radius 1 is 0.812 bits per heavy atom. The molecule has 0 unspecified atom stereocenters. The van der Waals surface area contributed by atoms with Crippen LogP contribution in [0, 0.1) is 24.2 Å². The second-order valence-electron chi connectivity index (χ2n) is 17.7. The van der Waals surface area contributed by atoms with E-state index in [9.17, 15) is 15.2 Å². The van der Waals surface area contributed by atoms with Crippen molar-refractivity contribution in [2.75, 3.05) is 19.8 Å². The molecule has 1 aromatic heterocycles. The van der Waals surface area contributed by atoms with E-state index >= 15 is 0 Å². The minimum absolute atomic E-state index is 0.0569. The van der Waals surface area contributed by atoms with Crippen LogP contribution in [-0.4, -0.2) is 109 Å². The normalized spacial score (nSPS) is 29.2. The molecule has 64 heavy (non-hydrogen) atoms. The number of esters is 1. The predicted octanol–water partition coefficient (Wildman–Crippen LogP) is 6.85. The summed E-state index contributed by atoms with van der Waals surface area (Å²) < 4.78 is 69.3. The number of aryl methyl sites for hydroxylation is 1. The number of nitrogens with zero attached hydrogens (tertiary/aromatic N) is 2. The number of ether oxygens (including phenoxy) is 11. The SMILES string of the molecule is Cc1nc(-c2ccc(OCC(C)C)c(C#N)c2)sc1C(=O)OC[C@H]1O[C@H](OC[C@H]2O[C@@H]3OC(C)(C)O[C@@H]3[C@H]3OC(C)(C)O[C@H]32)[C@H](OCc2ccccc2)[C@@H](OCc2ccccc2)[C@@H]1O. The molecular formula is C48H56N2O13S. The van der Waals surface area contributed by atoms with Crippen molar-refractivity contribution in [1.29, 1.82) is 5.26 Å². The van der Waals surface area contributed by atoms with E-state index in [2.05, 4.69) is 11.1 Å². The van der Waals surface area contributed by atoms with Crippen LogP contribution in [0.5, 0.6) is 5.75 Å². The zero-order valence-electron chi connectivity index (χ0n) is 37.0. The number of thiazole rings is 1. The highest BCUT2D eigenvalue weighted by Gasteiger charge is 2.61. The van der Waals surface area contributed by atoms with Gasteiger partial charge in [-0.1, -0.05) is 74.5 Å². The van der Waals surface area contributed by atoms with Crippen LogP contribution in [0.3, 0.4) is 0 Å². The van der Waals surface area contributed by atoms with Crippen molar-refractivity contribution in [3.8, 4) is 22.4 Å². The number of aliphatic hydroxyl groups is 1. The Kier molecular flexibility index (Phi) is 14.2. The van der Waals surface area contributed by atoms with Crippen LogP contribution in [0.15, 0.2) is 78.9 Å². The molecule has 8 rings (SSSR count). The quantitative estimate of drug-likeness (QED) is 0.116. The van der Waals surface area contributed by atoms with Crippen LogP contribution in [0.4, 0.5) is 0 Å². The molecule has 15 nitrogen and oxygen atoms in total. The van der Waals surface area contributed by atoms with Gasteiger partial charge in [0.05, 0.1) is 37.7 Å². The fourth-order valence-corrected chi connectivity index (χ4v) is 9.10.